The smallest absolute Gasteiger partial charge is 0.271 e. The van der Waals surface area contributed by atoms with Gasteiger partial charge in [0.2, 0.25) is 5.88 Å². The summed E-state index contributed by atoms with van der Waals surface area (Å²) in [4.78, 5) is 21.6. The number of carbonyl (C=O) groups excluding carboxylic acids is 1. The van der Waals surface area contributed by atoms with Crippen molar-refractivity contribution in [1.29, 1.82) is 0 Å². The van der Waals surface area contributed by atoms with E-state index in [9.17, 15) is 9.59 Å². The lowest BCUT2D eigenvalue weighted by molar-refractivity contribution is -0.123. The highest BCUT2D eigenvalue weighted by Gasteiger charge is 2.01. The largest absolute Gasteiger partial charge is 0.466 e. The zero-order chi connectivity index (χ0) is 10.6. The number of ether oxygens (including phenoxy) is 1. The monoisotopic (exact) mass is 198 g/mol. The average Bonchev–Trinajstić information content (AvgIpc) is 2.19. The first kappa shape index (κ1) is 10.2. The van der Waals surface area contributed by atoms with E-state index in [2.05, 4.69) is 5.10 Å². The minimum Gasteiger partial charge on any atom is -0.466 e. The number of aromatic nitrogens is 2. The summed E-state index contributed by atoms with van der Waals surface area (Å²) in [7, 11) is 1.48. The number of hydrazine groups is 1. The normalized spacial score (nSPS) is 9.57. The van der Waals surface area contributed by atoms with Crippen molar-refractivity contribution in [3.05, 3.63) is 22.5 Å². The highest BCUT2D eigenvalue weighted by Crippen LogP contribution is 1.99. The van der Waals surface area contributed by atoms with E-state index in [1.54, 1.807) is 0 Å². The van der Waals surface area contributed by atoms with E-state index in [4.69, 9.17) is 10.6 Å². The molecule has 0 aromatic carbocycles. The molecule has 1 aromatic rings. The summed E-state index contributed by atoms with van der Waals surface area (Å²) in [5.74, 6) is 4.55. The van der Waals surface area contributed by atoms with Gasteiger partial charge in [-0.05, 0) is 0 Å². The maximum Gasteiger partial charge on any atom is 0.271 e. The number of hydrogen-bond donors (Lipinski definition) is 2. The van der Waals surface area contributed by atoms with Gasteiger partial charge >= 0.3 is 0 Å². The lowest BCUT2D eigenvalue weighted by Gasteiger charge is -2.04. The molecule has 1 heterocycles. The van der Waals surface area contributed by atoms with E-state index in [1.807, 2.05) is 5.43 Å². The topological polar surface area (TPSA) is 99.2 Å². The lowest BCUT2D eigenvalue weighted by atomic mass is 10.5. The number of hydrogen-bond acceptors (Lipinski definition) is 5. The van der Waals surface area contributed by atoms with Gasteiger partial charge in [0.1, 0.15) is 0 Å². The van der Waals surface area contributed by atoms with Crippen molar-refractivity contribution in [2.45, 2.75) is 0 Å². The molecule has 14 heavy (non-hydrogen) atoms. The van der Waals surface area contributed by atoms with Crippen molar-refractivity contribution in [1.82, 2.24) is 15.2 Å². The zero-order valence-corrected chi connectivity index (χ0v) is 7.56. The first-order valence-corrected chi connectivity index (χ1v) is 3.80. The Morgan fingerprint density at radius 3 is 3.00 bits per heavy atom. The van der Waals surface area contributed by atoms with E-state index in [1.165, 1.54) is 19.2 Å². The van der Waals surface area contributed by atoms with Gasteiger partial charge in [0, 0.05) is 19.2 Å². The highest BCUT2D eigenvalue weighted by molar-refractivity contribution is 5.76. The molecule has 7 heteroatoms. The van der Waals surface area contributed by atoms with Crippen LogP contribution in [0.4, 0.5) is 0 Å². The van der Waals surface area contributed by atoms with Gasteiger partial charge in [0.15, 0.2) is 6.61 Å². The summed E-state index contributed by atoms with van der Waals surface area (Å²) in [6.45, 7) is -0.234. The van der Waals surface area contributed by atoms with Crippen LogP contribution >= 0.6 is 0 Å². The standard InChI is InChI=1S/C7H10N4O3/c1-11-7(13)3-2-6(10-11)14-4-5(12)9-8/h2-3H,4,8H2,1H3,(H,9,12). The Labute approximate surface area is 79.4 Å². The average molecular weight is 198 g/mol. The predicted molar refractivity (Wildman–Crippen MR) is 47.3 cm³/mol. The van der Waals surface area contributed by atoms with Crippen molar-refractivity contribution in [3.8, 4) is 5.88 Å². The molecule has 1 amide bonds. The van der Waals surface area contributed by atoms with Gasteiger partial charge in [-0.2, -0.15) is 0 Å². The summed E-state index contributed by atoms with van der Waals surface area (Å²) in [5.41, 5.74) is 1.65. The molecule has 0 saturated carbocycles. The van der Waals surface area contributed by atoms with Crippen LogP contribution in [-0.2, 0) is 11.8 Å². The summed E-state index contributed by atoms with van der Waals surface area (Å²) in [5, 5.41) is 3.74. The summed E-state index contributed by atoms with van der Waals surface area (Å²) in [6.07, 6.45) is 0. The summed E-state index contributed by atoms with van der Waals surface area (Å²) < 4.78 is 6.04. The van der Waals surface area contributed by atoms with E-state index in [0.717, 1.165) is 4.68 Å². The molecule has 0 unspecified atom stereocenters. The number of nitrogens with zero attached hydrogens (tertiary/aromatic N) is 2. The first-order chi connectivity index (χ1) is 6.63. The van der Waals surface area contributed by atoms with Crippen LogP contribution in [0.1, 0.15) is 0 Å². The van der Waals surface area contributed by atoms with Gasteiger partial charge in [-0.1, -0.05) is 0 Å². The maximum atomic E-state index is 10.9. The number of aryl methyl sites for hydroxylation is 1. The second-order valence-corrected chi connectivity index (χ2v) is 2.49. The Bertz CT molecular complexity index is 387. The van der Waals surface area contributed by atoms with Crippen molar-refractivity contribution >= 4 is 5.91 Å². The molecule has 0 atom stereocenters. The molecule has 0 aliphatic carbocycles. The fourth-order valence-corrected chi connectivity index (χ4v) is 0.739. The molecule has 0 bridgehead atoms. The molecule has 3 N–H and O–H groups in total. The first-order valence-electron chi connectivity index (χ1n) is 3.80. The van der Waals surface area contributed by atoms with Crippen LogP contribution < -0.4 is 21.6 Å². The Kier molecular flexibility index (Phi) is 3.19. The van der Waals surface area contributed by atoms with E-state index in [0.29, 0.717) is 0 Å². The fourth-order valence-electron chi connectivity index (χ4n) is 0.739. The van der Waals surface area contributed by atoms with Gasteiger partial charge in [0.25, 0.3) is 11.5 Å². The molecule has 0 radical (unpaired) electrons. The number of nitrogens with one attached hydrogen (secondary N) is 1. The van der Waals surface area contributed by atoms with Crippen molar-refractivity contribution in [2.24, 2.45) is 12.9 Å². The van der Waals surface area contributed by atoms with E-state index >= 15 is 0 Å². The summed E-state index contributed by atoms with van der Waals surface area (Å²) >= 11 is 0. The van der Waals surface area contributed by atoms with Gasteiger partial charge in [-0.15, -0.1) is 5.10 Å². The quantitative estimate of drug-likeness (QED) is 0.337. The number of carbonyl (C=O) groups is 1. The number of rotatable bonds is 3. The van der Waals surface area contributed by atoms with Crippen LogP contribution in [-0.4, -0.2) is 22.3 Å². The third-order valence-corrected chi connectivity index (χ3v) is 1.45. The van der Waals surface area contributed by atoms with E-state index in [-0.39, 0.29) is 18.0 Å². The predicted octanol–water partition coefficient (Wildman–Crippen LogP) is -1.85. The maximum absolute atomic E-state index is 10.9. The van der Waals surface area contributed by atoms with Gasteiger partial charge in [-0.25, -0.2) is 10.5 Å². The van der Waals surface area contributed by atoms with E-state index < -0.39 is 5.91 Å². The third-order valence-electron chi connectivity index (χ3n) is 1.45. The third kappa shape index (κ3) is 2.56. The molecule has 0 saturated heterocycles. The lowest BCUT2D eigenvalue weighted by Crippen LogP contribution is -2.34. The van der Waals surface area contributed by atoms with Crippen LogP contribution in [0.15, 0.2) is 16.9 Å². The van der Waals surface area contributed by atoms with Gasteiger partial charge in [-0.3, -0.25) is 15.0 Å². The second kappa shape index (κ2) is 4.38. The summed E-state index contributed by atoms with van der Waals surface area (Å²) in [6, 6.07) is 2.68. The number of nitrogens with two attached hydrogens (primary N) is 1. The molecule has 76 valence electrons. The Balaban J connectivity index is 2.64. The zero-order valence-electron chi connectivity index (χ0n) is 7.56. The van der Waals surface area contributed by atoms with Crippen LogP contribution in [0.25, 0.3) is 0 Å². The van der Waals surface area contributed by atoms with Crippen molar-refractivity contribution in [3.63, 3.8) is 0 Å². The van der Waals surface area contributed by atoms with Crippen LogP contribution in [0.3, 0.4) is 0 Å². The second-order valence-electron chi connectivity index (χ2n) is 2.49. The highest BCUT2D eigenvalue weighted by atomic mass is 16.5. The van der Waals surface area contributed by atoms with Crippen molar-refractivity contribution < 1.29 is 9.53 Å². The molecular formula is C7H10N4O3. The minimum absolute atomic E-state index is 0.190. The molecular weight excluding hydrogens is 188 g/mol. The van der Waals surface area contributed by atoms with Crippen LogP contribution in [0, 0.1) is 0 Å². The van der Waals surface area contributed by atoms with Crippen LogP contribution in [0.2, 0.25) is 0 Å². The van der Waals surface area contributed by atoms with Gasteiger partial charge in [0.05, 0.1) is 0 Å². The minimum atomic E-state index is -0.472. The molecule has 1 aromatic heterocycles. The Morgan fingerprint density at radius 1 is 1.71 bits per heavy atom. The molecule has 0 aliphatic heterocycles. The van der Waals surface area contributed by atoms with Gasteiger partial charge < -0.3 is 4.74 Å². The van der Waals surface area contributed by atoms with Crippen LogP contribution in [0.5, 0.6) is 5.88 Å². The molecule has 1 rings (SSSR count). The molecule has 0 fully saturated rings. The SMILES string of the molecule is Cn1nc(OCC(=O)NN)ccc1=O. The molecule has 0 spiro atoms. The number of amides is 1. The fraction of sp³-hybridized carbons (Fsp3) is 0.286. The molecule has 0 aliphatic rings. The Hall–Kier alpha value is -1.89. The van der Waals surface area contributed by atoms with Crippen molar-refractivity contribution in [2.75, 3.05) is 6.61 Å². The Morgan fingerprint density at radius 2 is 2.43 bits per heavy atom. The molecule has 7 nitrogen and oxygen atoms in total.